The zero-order valence-electron chi connectivity index (χ0n) is 23.5. The van der Waals surface area contributed by atoms with Gasteiger partial charge in [-0.25, -0.2) is 13.8 Å². The van der Waals surface area contributed by atoms with Gasteiger partial charge in [-0.1, -0.05) is 37.3 Å². The number of fused-ring (bicyclic) bond motifs is 1. The lowest BCUT2D eigenvalue weighted by Crippen LogP contribution is -2.50. The molecule has 13 heteroatoms. The third-order valence-corrected chi connectivity index (χ3v) is 10.8. The number of aliphatic hydroxyl groups is 1. The molecule has 0 spiro atoms. The summed E-state index contributed by atoms with van der Waals surface area (Å²) in [5.74, 6) is 1.58. The molecule has 3 aromatic rings. The van der Waals surface area contributed by atoms with Crippen LogP contribution in [0.15, 0.2) is 23.4 Å². The van der Waals surface area contributed by atoms with Gasteiger partial charge < -0.3 is 10.0 Å². The zero-order valence-corrected chi connectivity index (χ0v) is 25.1. The molecule has 3 aromatic heterocycles. The molecular formula is C29H37ClF2N6O3S. The Morgan fingerprint density at radius 2 is 1.90 bits per heavy atom. The predicted molar refractivity (Wildman–Crippen MR) is 156 cm³/mol. The highest BCUT2D eigenvalue weighted by molar-refractivity contribution is 7.07. The number of alkyl halides is 2. The summed E-state index contributed by atoms with van der Waals surface area (Å²) in [7, 11) is 0. The Labute approximate surface area is 252 Å². The van der Waals surface area contributed by atoms with Crippen molar-refractivity contribution in [3.05, 3.63) is 39.0 Å². The van der Waals surface area contributed by atoms with Gasteiger partial charge in [0.2, 0.25) is 5.91 Å². The van der Waals surface area contributed by atoms with Crippen molar-refractivity contribution in [1.29, 1.82) is 0 Å². The fourth-order valence-corrected chi connectivity index (χ4v) is 8.35. The van der Waals surface area contributed by atoms with Crippen LogP contribution in [0.25, 0.3) is 11.0 Å². The minimum atomic E-state index is -2.79. The molecule has 2 aliphatic carbocycles. The first kappa shape index (κ1) is 29.6. The van der Waals surface area contributed by atoms with Crippen LogP contribution in [0.2, 0.25) is 5.15 Å². The van der Waals surface area contributed by atoms with Gasteiger partial charge in [0.15, 0.2) is 10.7 Å². The van der Waals surface area contributed by atoms with Gasteiger partial charge in [0.05, 0.1) is 29.8 Å². The van der Waals surface area contributed by atoms with E-state index in [-0.39, 0.29) is 43.2 Å². The van der Waals surface area contributed by atoms with Crippen molar-refractivity contribution in [1.82, 2.24) is 28.6 Å². The Morgan fingerprint density at radius 1 is 1.14 bits per heavy atom. The zero-order chi connectivity index (χ0) is 29.4. The third-order valence-electron chi connectivity index (χ3n) is 9.64. The Morgan fingerprint density at radius 3 is 2.60 bits per heavy atom. The molecule has 3 aliphatic rings. The summed E-state index contributed by atoms with van der Waals surface area (Å²) in [4.78, 5) is 33.4. The van der Waals surface area contributed by atoms with E-state index >= 15 is 0 Å². The summed E-state index contributed by atoms with van der Waals surface area (Å²) in [6.07, 6.45) is 10.3. The Bertz CT molecular complexity index is 1460. The van der Waals surface area contributed by atoms with Crippen LogP contribution in [0, 0.1) is 11.8 Å². The van der Waals surface area contributed by atoms with Crippen LogP contribution in [-0.4, -0.2) is 64.7 Å². The average molecular weight is 623 g/mol. The molecule has 0 bridgehead atoms. The van der Waals surface area contributed by atoms with Crippen LogP contribution in [0.4, 0.5) is 8.78 Å². The van der Waals surface area contributed by atoms with Gasteiger partial charge in [-0.15, -0.1) is 0 Å². The van der Waals surface area contributed by atoms with Gasteiger partial charge in [-0.2, -0.15) is 9.47 Å². The molecule has 9 nitrogen and oxygen atoms in total. The fourth-order valence-electron chi connectivity index (χ4n) is 7.26. The van der Waals surface area contributed by atoms with Gasteiger partial charge >= 0.3 is 0 Å². The molecule has 1 aliphatic heterocycles. The van der Waals surface area contributed by atoms with E-state index in [1.54, 1.807) is 0 Å². The first-order chi connectivity index (χ1) is 20.2. The minimum absolute atomic E-state index is 0.0298. The molecule has 3 atom stereocenters. The maximum Gasteiger partial charge on any atom is 0.281 e. The molecule has 3 fully saturated rings. The number of hydrogen-bond donors (Lipinski definition) is 1. The van der Waals surface area contributed by atoms with Crippen LogP contribution < -0.4 is 5.56 Å². The Kier molecular flexibility index (Phi) is 8.66. The van der Waals surface area contributed by atoms with Crippen LogP contribution in [-0.2, 0) is 11.3 Å². The molecule has 1 saturated heterocycles. The summed E-state index contributed by atoms with van der Waals surface area (Å²) >= 11 is 7.15. The lowest BCUT2D eigenvalue weighted by atomic mass is 9.91. The monoisotopic (exact) mass is 622 g/mol. The number of carbonyl (C=O) groups excluding carboxylic acids is 1. The number of aromatic nitrogens is 5. The second-order valence-corrected chi connectivity index (χ2v) is 13.7. The summed E-state index contributed by atoms with van der Waals surface area (Å²) < 4.78 is 34.3. The highest BCUT2D eigenvalue weighted by Gasteiger charge is 2.37. The van der Waals surface area contributed by atoms with E-state index in [2.05, 4.69) is 14.5 Å². The maximum absolute atomic E-state index is 13.7. The second-order valence-electron chi connectivity index (χ2n) is 12.5. The topological polar surface area (TPSA) is 106 Å². The molecule has 6 rings (SSSR count). The third kappa shape index (κ3) is 6.26. The maximum atomic E-state index is 13.7. The number of hydrogen-bond acceptors (Lipinski definition) is 7. The van der Waals surface area contributed by atoms with Gasteiger partial charge in [-0.3, -0.25) is 18.8 Å². The summed E-state index contributed by atoms with van der Waals surface area (Å²) in [5, 5.41) is 15.2. The first-order valence-electron chi connectivity index (χ1n) is 15.0. The summed E-state index contributed by atoms with van der Waals surface area (Å²) in [6, 6.07) is -0.0297. The number of halogens is 3. The minimum Gasteiger partial charge on any atom is -0.388 e. The van der Waals surface area contributed by atoms with Crippen molar-refractivity contribution < 1.29 is 18.7 Å². The fraction of sp³-hybridized carbons (Fsp3) is 0.690. The van der Waals surface area contributed by atoms with Gasteiger partial charge in [0.1, 0.15) is 11.6 Å². The lowest BCUT2D eigenvalue weighted by Gasteiger charge is -2.38. The van der Waals surface area contributed by atoms with Crippen LogP contribution in [0.1, 0.15) is 87.5 Å². The van der Waals surface area contributed by atoms with E-state index in [0.717, 1.165) is 34.2 Å². The van der Waals surface area contributed by atoms with E-state index < -0.39 is 30.4 Å². The van der Waals surface area contributed by atoms with Gasteiger partial charge in [-0.05, 0) is 73.9 Å². The smallest absolute Gasteiger partial charge is 0.281 e. The number of likely N-dealkylation sites (tertiary alicyclic amines) is 1. The van der Waals surface area contributed by atoms with Crippen molar-refractivity contribution in [3.63, 3.8) is 0 Å². The van der Waals surface area contributed by atoms with Crippen LogP contribution in [0.3, 0.4) is 0 Å². The molecule has 1 N–H and O–H groups in total. The van der Waals surface area contributed by atoms with Gasteiger partial charge in [0, 0.05) is 19.3 Å². The largest absolute Gasteiger partial charge is 0.388 e. The number of carbonyl (C=O) groups is 1. The van der Waals surface area contributed by atoms with Gasteiger partial charge in [0.25, 0.3) is 12.0 Å². The number of amides is 1. The van der Waals surface area contributed by atoms with Crippen molar-refractivity contribution in [2.24, 2.45) is 11.8 Å². The molecule has 42 heavy (non-hydrogen) atoms. The molecule has 228 valence electrons. The second kappa shape index (κ2) is 12.3. The summed E-state index contributed by atoms with van der Waals surface area (Å²) in [5.41, 5.74) is -0.463. The van der Waals surface area contributed by atoms with Crippen LogP contribution in [0.5, 0.6) is 0 Å². The highest BCUT2D eigenvalue weighted by atomic mass is 35.5. The quantitative estimate of drug-likeness (QED) is 0.342. The van der Waals surface area contributed by atoms with Crippen LogP contribution >= 0.6 is 23.1 Å². The van der Waals surface area contributed by atoms with E-state index in [1.807, 2.05) is 0 Å². The van der Waals surface area contributed by atoms with Crippen molar-refractivity contribution in [2.75, 3.05) is 13.1 Å². The Balaban J connectivity index is 1.07. The number of piperidine rings is 1. The molecular weight excluding hydrogens is 586 g/mol. The summed E-state index contributed by atoms with van der Waals surface area (Å²) in [6.45, 7) is 0.419. The van der Waals surface area contributed by atoms with E-state index in [4.69, 9.17) is 11.6 Å². The predicted octanol–water partition coefficient (Wildman–Crippen LogP) is 5.42. The molecule has 0 aromatic carbocycles. The van der Waals surface area contributed by atoms with Crippen molar-refractivity contribution >= 4 is 40.1 Å². The molecule has 4 heterocycles. The number of nitrogens with zero attached hydrogens (tertiary/aromatic N) is 6. The van der Waals surface area contributed by atoms with E-state index in [1.165, 1.54) is 78.1 Å². The SMILES string of the molecule is O=C(C[C@@H](C(F)F)n1ccc(Cl)n1)N1CCC(O)(Cn2cnc3c(C4CCC(CC5CCCC5)C4)snc3c2=O)CC1. The first-order valence-corrected chi connectivity index (χ1v) is 16.2. The number of rotatable bonds is 9. The lowest BCUT2D eigenvalue weighted by molar-refractivity contribution is -0.138. The van der Waals surface area contributed by atoms with Crippen molar-refractivity contribution in [3.8, 4) is 0 Å². The molecule has 1 amide bonds. The standard InChI is InChI=1S/C29H37ClF2N6O3S/c30-22-7-10-38(34-22)21(27(31)32)15-23(39)36-11-8-29(41,9-12-36)16-37-17-33-24-25(28(37)40)35-42-26(24)20-6-5-19(14-20)13-18-3-1-2-4-18/h7,10,17-21,27,41H,1-6,8-9,11-16H2/t19?,20?,21-/m0/s1. The molecule has 2 unspecified atom stereocenters. The highest BCUT2D eigenvalue weighted by Crippen LogP contribution is 2.45. The van der Waals surface area contributed by atoms with E-state index in [9.17, 15) is 23.5 Å². The Hall–Kier alpha value is -2.44. The molecule has 0 radical (unpaired) electrons. The van der Waals surface area contributed by atoms with Crippen molar-refractivity contribution in [2.45, 2.75) is 101 Å². The molecule has 2 saturated carbocycles. The average Bonchev–Trinajstić information content (AvgIpc) is 3.77. The van der Waals surface area contributed by atoms with E-state index in [0.29, 0.717) is 17.0 Å². The normalized spacial score (nSPS) is 23.8.